The highest BCUT2D eigenvalue weighted by molar-refractivity contribution is 5.90. The molecule has 0 radical (unpaired) electrons. The van der Waals surface area contributed by atoms with Gasteiger partial charge in [0.15, 0.2) is 11.9 Å². The van der Waals surface area contributed by atoms with Gasteiger partial charge in [0.1, 0.15) is 6.61 Å². The van der Waals surface area contributed by atoms with Crippen molar-refractivity contribution in [2.75, 3.05) is 19.8 Å². The number of aliphatic hydroxyl groups excluding tert-OH is 2. The van der Waals surface area contributed by atoms with Crippen molar-refractivity contribution in [1.29, 1.82) is 0 Å². The quantitative estimate of drug-likeness (QED) is 0.117. The summed E-state index contributed by atoms with van der Waals surface area (Å²) in [4.78, 5) is 30.4. The van der Waals surface area contributed by atoms with Crippen molar-refractivity contribution in [3.8, 4) is 0 Å². The van der Waals surface area contributed by atoms with E-state index in [9.17, 15) is 14.7 Å². The number of carboxylic acids is 1. The highest BCUT2D eigenvalue weighted by Gasteiger charge is 2.24. The van der Waals surface area contributed by atoms with E-state index in [2.05, 4.69) is 27.5 Å². The Morgan fingerprint density at radius 3 is 2.55 bits per heavy atom. The predicted molar refractivity (Wildman–Crippen MR) is 77.6 cm³/mol. The Hall–Kier alpha value is -2.24. The van der Waals surface area contributed by atoms with Gasteiger partial charge in [-0.1, -0.05) is 5.16 Å². The van der Waals surface area contributed by atoms with Gasteiger partial charge in [0.05, 0.1) is 25.3 Å². The molecule has 3 atom stereocenters. The van der Waals surface area contributed by atoms with Gasteiger partial charge in [0.2, 0.25) is 0 Å². The Bertz CT molecular complexity index is 414. The molecule has 2 amide bonds. The number of amides is 2. The number of carbonyl (C=O) groups excluding carboxylic acids is 1. The van der Waals surface area contributed by atoms with Gasteiger partial charge >= 0.3 is 12.0 Å². The Labute approximate surface area is 126 Å². The minimum Gasteiger partial charge on any atom is -0.480 e. The Morgan fingerprint density at radius 1 is 1.45 bits per heavy atom. The van der Waals surface area contributed by atoms with Crippen LogP contribution in [0.1, 0.15) is 6.92 Å². The van der Waals surface area contributed by atoms with Crippen LogP contribution in [0.3, 0.4) is 0 Å². The molecular weight excluding hydrogens is 298 g/mol. The molecule has 0 fully saturated rings. The number of hydrogen-bond acceptors (Lipinski definition) is 7. The number of carbonyl (C=O) groups is 2. The van der Waals surface area contributed by atoms with Crippen LogP contribution in [-0.2, 0) is 9.63 Å². The summed E-state index contributed by atoms with van der Waals surface area (Å²) in [7, 11) is 0. The number of aliphatic hydroxyl groups is 2. The highest BCUT2D eigenvalue weighted by atomic mass is 16.6. The second-order valence-electron chi connectivity index (χ2n) is 4.19. The molecule has 11 nitrogen and oxygen atoms in total. The van der Waals surface area contributed by atoms with Crippen molar-refractivity contribution >= 4 is 24.6 Å². The lowest BCUT2D eigenvalue weighted by atomic mass is 10.2. The number of aliphatic carboxylic acids is 1. The summed E-state index contributed by atoms with van der Waals surface area (Å²) in [5, 5.41) is 34.7. The van der Waals surface area contributed by atoms with E-state index in [-0.39, 0.29) is 25.6 Å². The van der Waals surface area contributed by atoms with E-state index in [1.54, 1.807) is 0 Å². The number of urea groups is 1. The molecule has 11 heteroatoms. The fourth-order valence-corrected chi connectivity index (χ4v) is 1.20. The van der Waals surface area contributed by atoms with E-state index in [0.29, 0.717) is 0 Å². The maximum absolute atomic E-state index is 11.4. The summed E-state index contributed by atoms with van der Waals surface area (Å²) >= 11 is 0. The zero-order valence-corrected chi connectivity index (χ0v) is 12.1. The summed E-state index contributed by atoms with van der Waals surface area (Å²) in [6.45, 7) is 4.05. The molecule has 22 heavy (non-hydrogen) atoms. The molecule has 3 unspecified atom stereocenters. The summed E-state index contributed by atoms with van der Waals surface area (Å²) in [6, 6.07) is -3.02. The van der Waals surface area contributed by atoms with E-state index in [1.807, 2.05) is 0 Å². The number of nitrogens with two attached hydrogens (primary N) is 1. The second-order valence-corrected chi connectivity index (χ2v) is 4.19. The minimum atomic E-state index is -1.42. The van der Waals surface area contributed by atoms with Crippen molar-refractivity contribution in [3.63, 3.8) is 0 Å². The van der Waals surface area contributed by atoms with Crippen LogP contribution in [0.15, 0.2) is 10.1 Å². The minimum absolute atomic E-state index is 0.00648. The normalized spacial score (nSPS) is 15.4. The monoisotopic (exact) mass is 319 g/mol. The van der Waals surface area contributed by atoms with E-state index in [1.165, 1.54) is 6.92 Å². The van der Waals surface area contributed by atoms with Crippen molar-refractivity contribution in [2.24, 2.45) is 15.9 Å². The average Bonchev–Trinajstić information content (AvgIpc) is 2.47. The second kappa shape index (κ2) is 10.5. The van der Waals surface area contributed by atoms with Crippen LogP contribution < -0.4 is 16.4 Å². The van der Waals surface area contributed by atoms with Crippen LogP contribution in [0.4, 0.5) is 4.79 Å². The lowest BCUT2D eigenvalue weighted by Gasteiger charge is -2.17. The first-order valence-electron chi connectivity index (χ1n) is 6.31. The third-order valence-electron chi connectivity index (χ3n) is 2.36. The smallest absolute Gasteiger partial charge is 0.328 e. The number of rotatable bonds is 9. The summed E-state index contributed by atoms with van der Waals surface area (Å²) in [5.41, 5.74) is 5.45. The summed E-state index contributed by atoms with van der Waals surface area (Å²) in [5.74, 6) is -1.35. The Balaban J connectivity index is 4.10. The third-order valence-corrected chi connectivity index (χ3v) is 2.36. The van der Waals surface area contributed by atoms with Crippen LogP contribution in [-0.4, -0.2) is 77.8 Å². The third kappa shape index (κ3) is 7.52. The van der Waals surface area contributed by atoms with Crippen LogP contribution in [0.5, 0.6) is 0 Å². The molecule has 0 saturated carbocycles. The van der Waals surface area contributed by atoms with Crippen molar-refractivity contribution < 1.29 is 29.7 Å². The zero-order valence-electron chi connectivity index (χ0n) is 12.1. The van der Waals surface area contributed by atoms with Gasteiger partial charge in [-0.3, -0.25) is 0 Å². The van der Waals surface area contributed by atoms with Crippen LogP contribution in [0.25, 0.3) is 0 Å². The van der Waals surface area contributed by atoms with Crippen LogP contribution >= 0.6 is 0 Å². The van der Waals surface area contributed by atoms with Gasteiger partial charge in [0, 0.05) is 0 Å². The van der Waals surface area contributed by atoms with Crippen LogP contribution in [0, 0.1) is 0 Å². The van der Waals surface area contributed by atoms with Crippen LogP contribution in [0.2, 0.25) is 0 Å². The first kappa shape index (κ1) is 19.8. The Kier molecular flexibility index (Phi) is 9.41. The molecular formula is C11H21N5O6. The number of hydrogen-bond donors (Lipinski definition) is 6. The molecule has 0 aromatic rings. The molecule has 7 N–H and O–H groups in total. The molecule has 0 spiro atoms. The molecule has 0 bridgehead atoms. The van der Waals surface area contributed by atoms with E-state index < -0.39 is 30.2 Å². The molecule has 0 aliphatic heterocycles. The largest absolute Gasteiger partial charge is 0.480 e. The summed E-state index contributed by atoms with van der Waals surface area (Å²) < 4.78 is 0. The SMILES string of the molecule is C=N/C(=N\OCCNC(=O)NC(C(=O)O)C(C)O)C(N)CO. The van der Waals surface area contributed by atoms with E-state index in [4.69, 9.17) is 20.8 Å². The molecule has 0 aromatic carbocycles. The van der Waals surface area contributed by atoms with Crippen molar-refractivity contribution in [1.82, 2.24) is 10.6 Å². The Morgan fingerprint density at radius 2 is 2.09 bits per heavy atom. The first-order valence-corrected chi connectivity index (χ1v) is 6.31. The van der Waals surface area contributed by atoms with Crippen molar-refractivity contribution in [2.45, 2.75) is 25.1 Å². The molecule has 126 valence electrons. The number of aliphatic imine (C=N–C) groups is 1. The fourth-order valence-electron chi connectivity index (χ4n) is 1.20. The zero-order chi connectivity index (χ0) is 17.1. The standard InChI is InChI=1S/C11H21N5O6/c1-6(18)8(10(19)20)15-11(21)14-3-4-22-16-9(13-2)7(12)5-17/h6-8,17-18H,2-5,12H2,1H3,(H,19,20)(H2,14,15,21)/b16-9-. The van der Waals surface area contributed by atoms with Crippen molar-refractivity contribution in [3.05, 3.63) is 0 Å². The molecule has 0 heterocycles. The van der Waals surface area contributed by atoms with E-state index >= 15 is 0 Å². The topological polar surface area (TPSA) is 179 Å². The first-order chi connectivity index (χ1) is 10.3. The van der Waals surface area contributed by atoms with Gasteiger partial charge in [0.25, 0.3) is 0 Å². The molecule has 0 saturated heterocycles. The average molecular weight is 319 g/mol. The summed E-state index contributed by atoms with van der Waals surface area (Å²) in [6.07, 6.45) is -1.25. The number of carboxylic acid groups (broad SMARTS) is 1. The molecule has 0 rings (SSSR count). The number of nitrogens with one attached hydrogen (secondary N) is 2. The maximum atomic E-state index is 11.4. The fraction of sp³-hybridized carbons (Fsp3) is 0.636. The molecule has 0 aliphatic rings. The molecule has 0 aromatic heterocycles. The number of nitrogens with zero attached hydrogens (tertiary/aromatic N) is 2. The molecule has 0 aliphatic carbocycles. The highest BCUT2D eigenvalue weighted by Crippen LogP contribution is 1.93. The lowest BCUT2D eigenvalue weighted by Crippen LogP contribution is -2.51. The number of amidine groups is 1. The van der Waals surface area contributed by atoms with E-state index in [0.717, 1.165) is 0 Å². The van der Waals surface area contributed by atoms with Gasteiger partial charge < -0.3 is 36.5 Å². The van der Waals surface area contributed by atoms with Gasteiger partial charge in [-0.2, -0.15) is 0 Å². The lowest BCUT2D eigenvalue weighted by molar-refractivity contribution is -0.141. The number of oxime groups is 1. The maximum Gasteiger partial charge on any atom is 0.328 e. The van der Waals surface area contributed by atoms with Gasteiger partial charge in [-0.25, -0.2) is 14.6 Å². The van der Waals surface area contributed by atoms with Gasteiger partial charge in [-0.15, -0.1) is 0 Å². The predicted octanol–water partition coefficient (Wildman–Crippen LogP) is -2.53. The van der Waals surface area contributed by atoms with Gasteiger partial charge in [-0.05, 0) is 13.6 Å².